The molecule has 1 aromatic heterocycles. The second-order valence-electron chi connectivity index (χ2n) is 5.51. The molecule has 5 heteroatoms. The van der Waals surface area contributed by atoms with Crippen molar-refractivity contribution in [3.63, 3.8) is 0 Å². The molecule has 18 heavy (non-hydrogen) atoms. The Bertz CT molecular complexity index is 413. The molecular weight excluding hydrogens is 228 g/mol. The van der Waals surface area contributed by atoms with E-state index in [1.54, 1.807) is 6.20 Å². The number of aryl methyl sites for hydroxylation is 1. The summed E-state index contributed by atoms with van der Waals surface area (Å²) in [7, 11) is 0. The molecule has 1 aromatic rings. The molecule has 0 amide bonds. The number of nitrogens with two attached hydrogens (primary N) is 1. The van der Waals surface area contributed by atoms with Crippen molar-refractivity contribution in [2.24, 2.45) is 5.92 Å². The van der Waals surface area contributed by atoms with E-state index in [1.165, 1.54) is 0 Å². The van der Waals surface area contributed by atoms with E-state index in [9.17, 15) is 5.11 Å². The van der Waals surface area contributed by atoms with Crippen LogP contribution in [0, 0.1) is 12.8 Å². The zero-order valence-corrected chi connectivity index (χ0v) is 11.1. The Hall–Kier alpha value is -1.36. The highest BCUT2D eigenvalue weighted by atomic mass is 16.3. The van der Waals surface area contributed by atoms with Crippen molar-refractivity contribution in [2.75, 3.05) is 17.7 Å². The van der Waals surface area contributed by atoms with Crippen molar-refractivity contribution in [3.05, 3.63) is 11.8 Å². The van der Waals surface area contributed by atoms with Gasteiger partial charge in [-0.3, -0.25) is 0 Å². The lowest BCUT2D eigenvalue weighted by Crippen LogP contribution is -2.45. The summed E-state index contributed by atoms with van der Waals surface area (Å²) in [6, 6.07) is 0. The fraction of sp³-hybridized carbons (Fsp3) is 0.692. The SMILES string of the molecule is Cc1cnc(N)nc1NC1(CO)CCC(C)CC1. The van der Waals surface area contributed by atoms with Crippen LogP contribution in [-0.4, -0.2) is 27.2 Å². The molecule has 100 valence electrons. The Labute approximate surface area is 108 Å². The Balaban J connectivity index is 2.17. The highest BCUT2D eigenvalue weighted by Crippen LogP contribution is 2.34. The monoisotopic (exact) mass is 250 g/mol. The van der Waals surface area contributed by atoms with Gasteiger partial charge in [0.25, 0.3) is 0 Å². The summed E-state index contributed by atoms with van der Waals surface area (Å²) in [4.78, 5) is 8.18. The molecule has 0 bridgehead atoms. The van der Waals surface area contributed by atoms with Crippen molar-refractivity contribution in [2.45, 2.75) is 45.1 Å². The Kier molecular flexibility index (Phi) is 3.71. The minimum absolute atomic E-state index is 0.128. The summed E-state index contributed by atoms with van der Waals surface area (Å²) in [5, 5.41) is 13.1. The molecule has 4 N–H and O–H groups in total. The molecule has 1 saturated carbocycles. The molecule has 5 nitrogen and oxygen atoms in total. The van der Waals surface area contributed by atoms with E-state index >= 15 is 0 Å². The minimum atomic E-state index is -0.252. The van der Waals surface area contributed by atoms with E-state index in [1.807, 2.05) is 6.92 Å². The van der Waals surface area contributed by atoms with Gasteiger partial charge in [0, 0.05) is 11.8 Å². The number of rotatable bonds is 3. The summed E-state index contributed by atoms with van der Waals surface area (Å²) in [6.45, 7) is 4.33. The fourth-order valence-electron chi connectivity index (χ4n) is 2.47. The fourth-order valence-corrected chi connectivity index (χ4v) is 2.47. The van der Waals surface area contributed by atoms with Crippen LogP contribution in [0.1, 0.15) is 38.2 Å². The molecule has 0 unspecified atom stereocenters. The van der Waals surface area contributed by atoms with Crippen LogP contribution >= 0.6 is 0 Å². The maximum absolute atomic E-state index is 9.71. The normalized spacial score (nSPS) is 28.1. The number of nitrogens with one attached hydrogen (secondary N) is 1. The summed E-state index contributed by atoms with van der Waals surface area (Å²) >= 11 is 0. The highest BCUT2D eigenvalue weighted by Gasteiger charge is 2.34. The van der Waals surface area contributed by atoms with Gasteiger partial charge in [-0.25, -0.2) is 4.98 Å². The maximum Gasteiger partial charge on any atom is 0.221 e. The van der Waals surface area contributed by atoms with E-state index in [4.69, 9.17) is 5.73 Å². The van der Waals surface area contributed by atoms with Crippen LogP contribution in [0.25, 0.3) is 0 Å². The second-order valence-corrected chi connectivity index (χ2v) is 5.51. The summed E-state index contributed by atoms with van der Waals surface area (Å²) in [5.41, 5.74) is 6.32. The largest absolute Gasteiger partial charge is 0.394 e. The van der Waals surface area contributed by atoms with Gasteiger partial charge in [-0.1, -0.05) is 6.92 Å². The molecule has 1 aliphatic rings. The van der Waals surface area contributed by atoms with E-state index in [-0.39, 0.29) is 18.1 Å². The summed E-state index contributed by atoms with van der Waals surface area (Å²) in [5.74, 6) is 1.74. The maximum atomic E-state index is 9.71. The van der Waals surface area contributed by atoms with Crippen molar-refractivity contribution >= 4 is 11.8 Å². The first-order valence-corrected chi connectivity index (χ1v) is 6.53. The van der Waals surface area contributed by atoms with Gasteiger partial charge in [-0.15, -0.1) is 0 Å². The number of nitrogen functional groups attached to an aromatic ring is 1. The minimum Gasteiger partial charge on any atom is -0.394 e. The van der Waals surface area contributed by atoms with Gasteiger partial charge >= 0.3 is 0 Å². The van der Waals surface area contributed by atoms with Gasteiger partial charge in [0.1, 0.15) is 5.82 Å². The van der Waals surface area contributed by atoms with Crippen LogP contribution in [-0.2, 0) is 0 Å². The lowest BCUT2D eigenvalue weighted by atomic mass is 9.77. The molecule has 0 aromatic carbocycles. The zero-order chi connectivity index (χ0) is 13.2. The summed E-state index contributed by atoms with van der Waals surface area (Å²) < 4.78 is 0. The average Bonchev–Trinajstić information content (AvgIpc) is 2.37. The zero-order valence-electron chi connectivity index (χ0n) is 11.1. The van der Waals surface area contributed by atoms with Gasteiger partial charge in [-0.05, 0) is 38.5 Å². The molecule has 1 heterocycles. The third-order valence-electron chi connectivity index (χ3n) is 3.91. The number of hydrogen-bond donors (Lipinski definition) is 3. The van der Waals surface area contributed by atoms with E-state index in [0.717, 1.165) is 43.0 Å². The quantitative estimate of drug-likeness (QED) is 0.760. The third kappa shape index (κ3) is 2.72. The average molecular weight is 250 g/mol. The molecule has 1 fully saturated rings. The van der Waals surface area contributed by atoms with E-state index in [0.29, 0.717) is 0 Å². The molecule has 0 radical (unpaired) electrons. The lowest BCUT2D eigenvalue weighted by molar-refractivity contribution is 0.155. The Morgan fingerprint density at radius 1 is 1.50 bits per heavy atom. The molecule has 2 rings (SSSR count). The van der Waals surface area contributed by atoms with Gasteiger partial charge in [-0.2, -0.15) is 4.98 Å². The van der Waals surface area contributed by atoms with Crippen molar-refractivity contribution in [3.8, 4) is 0 Å². The first kappa shape index (κ1) is 13.1. The number of nitrogens with zero attached hydrogens (tertiary/aromatic N) is 2. The van der Waals surface area contributed by atoms with Gasteiger partial charge < -0.3 is 16.2 Å². The third-order valence-corrected chi connectivity index (χ3v) is 3.91. The molecule has 0 spiro atoms. The molecule has 1 aliphatic carbocycles. The van der Waals surface area contributed by atoms with Gasteiger partial charge in [0.05, 0.1) is 12.1 Å². The molecule has 0 saturated heterocycles. The predicted molar refractivity (Wildman–Crippen MR) is 72.3 cm³/mol. The van der Waals surface area contributed by atoms with Crippen LogP contribution in [0.5, 0.6) is 0 Å². The van der Waals surface area contributed by atoms with E-state index in [2.05, 4.69) is 22.2 Å². The van der Waals surface area contributed by atoms with Gasteiger partial charge in [0.15, 0.2) is 0 Å². The van der Waals surface area contributed by atoms with Crippen LogP contribution in [0.15, 0.2) is 6.20 Å². The van der Waals surface area contributed by atoms with Crippen LogP contribution < -0.4 is 11.1 Å². The smallest absolute Gasteiger partial charge is 0.221 e. The van der Waals surface area contributed by atoms with Crippen molar-refractivity contribution in [1.82, 2.24) is 9.97 Å². The van der Waals surface area contributed by atoms with Crippen LogP contribution in [0.4, 0.5) is 11.8 Å². The van der Waals surface area contributed by atoms with Crippen LogP contribution in [0.3, 0.4) is 0 Å². The first-order chi connectivity index (χ1) is 8.54. The van der Waals surface area contributed by atoms with Gasteiger partial charge in [0.2, 0.25) is 5.95 Å². The van der Waals surface area contributed by atoms with Crippen LogP contribution in [0.2, 0.25) is 0 Å². The number of aliphatic hydroxyl groups is 1. The van der Waals surface area contributed by atoms with E-state index < -0.39 is 0 Å². The lowest BCUT2D eigenvalue weighted by Gasteiger charge is -2.39. The Morgan fingerprint density at radius 3 is 2.78 bits per heavy atom. The predicted octanol–water partition coefficient (Wildman–Crippen LogP) is 1.72. The Morgan fingerprint density at radius 2 is 2.17 bits per heavy atom. The second kappa shape index (κ2) is 5.10. The number of aliphatic hydroxyl groups excluding tert-OH is 1. The number of aromatic nitrogens is 2. The topological polar surface area (TPSA) is 84.1 Å². The molecule has 0 aliphatic heterocycles. The highest BCUT2D eigenvalue weighted by molar-refractivity contribution is 5.47. The first-order valence-electron chi connectivity index (χ1n) is 6.53. The standard InChI is InChI=1S/C13H22N4O/c1-9-3-5-13(8-18,6-4-9)17-11-10(2)7-15-12(14)16-11/h7,9,18H,3-6,8H2,1-2H3,(H3,14,15,16,17). The van der Waals surface area contributed by atoms with Crippen molar-refractivity contribution in [1.29, 1.82) is 0 Å². The number of anilines is 2. The molecule has 0 atom stereocenters. The molecular formula is C13H22N4O. The number of hydrogen-bond acceptors (Lipinski definition) is 5. The summed E-state index contributed by atoms with van der Waals surface area (Å²) in [6.07, 6.45) is 5.91. The van der Waals surface area contributed by atoms with Crippen molar-refractivity contribution < 1.29 is 5.11 Å².